The SMILES string of the molecule is Fc1c(Cl)cccc1-c1cnc(CC2CC2)n1-c1ccc(Cl)cc1. The molecule has 3 aromatic rings. The van der Waals surface area contributed by atoms with Gasteiger partial charge in [0.1, 0.15) is 5.82 Å². The van der Waals surface area contributed by atoms with Crippen LogP contribution in [-0.4, -0.2) is 9.55 Å². The van der Waals surface area contributed by atoms with Crippen molar-refractivity contribution < 1.29 is 4.39 Å². The molecule has 1 aliphatic rings. The summed E-state index contributed by atoms with van der Waals surface area (Å²) in [5.41, 5.74) is 2.07. The number of nitrogens with zero attached hydrogens (tertiary/aromatic N) is 2. The number of aromatic nitrogens is 2. The van der Waals surface area contributed by atoms with Crippen LogP contribution in [0.1, 0.15) is 18.7 Å². The van der Waals surface area contributed by atoms with Gasteiger partial charge in [-0.25, -0.2) is 9.37 Å². The van der Waals surface area contributed by atoms with E-state index < -0.39 is 5.82 Å². The maximum atomic E-state index is 14.5. The fourth-order valence-corrected chi connectivity index (χ4v) is 3.18. The number of hydrogen-bond acceptors (Lipinski definition) is 1. The molecule has 0 atom stereocenters. The maximum Gasteiger partial charge on any atom is 0.151 e. The molecule has 1 fully saturated rings. The third kappa shape index (κ3) is 2.94. The molecule has 0 amide bonds. The van der Waals surface area contributed by atoms with E-state index in [-0.39, 0.29) is 5.02 Å². The van der Waals surface area contributed by atoms with Gasteiger partial charge in [-0.05, 0) is 55.2 Å². The summed E-state index contributed by atoms with van der Waals surface area (Å²) in [7, 11) is 0. The van der Waals surface area contributed by atoms with Crippen LogP contribution in [-0.2, 0) is 6.42 Å². The lowest BCUT2D eigenvalue weighted by molar-refractivity contribution is 0.630. The molecule has 0 unspecified atom stereocenters. The molecule has 24 heavy (non-hydrogen) atoms. The summed E-state index contributed by atoms with van der Waals surface area (Å²) in [5.74, 6) is 1.19. The molecule has 0 bridgehead atoms. The molecule has 4 rings (SSSR count). The second-order valence-corrected chi connectivity index (χ2v) is 6.96. The third-order valence-electron chi connectivity index (χ3n) is 4.32. The second kappa shape index (κ2) is 6.23. The molecule has 0 spiro atoms. The summed E-state index contributed by atoms with van der Waals surface area (Å²) in [5, 5.41) is 0.776. The highest BCUT2D eigenvalue weighted by molar-refractivity contribution is 6.31. The van der Waals surface area contributed by atoms with Gasteiger partial charge in [0.25, 0.3) is 0 Å². The van der Waals surface area contributed by atoms with Crippen molar-refractivity contribution in [1.29, 1.82) is 0 Å². The zero-order chi connectivity index (χ0) is 16.7. The summed E-state index contributed by atoms with van der Waals surface area (Å²) < 4.78 is 16.5. The lowest BCUT2D eigenvalue weighted by Crippen LogP contribution is -2.05. The maximum absolute atomic E-state index is 14.5. The molecule has 5 heteroatoms. The van der Waals surface area contributed by atoms with Crippen molar-refractivity contribution in [3.63, 3.8) is 0 Å². The predicted molar refractivity (Wildman–Crippen MR) is 95.4 cm³/mol. The molecule has 1 saturated carbocycles. The van der Waals surface area contributed by atoms with E-state index in [9.17, 15) is 4.39 Å². The van der Waals surface area contributed by atoms with Gasteiger partial charge >= 0.3 is 0 Å². The normalized spacial score (nSPS) is 14.1. The Morgan fingerprint density at radius 3 is 2.54 bits per heavy atom. The molecule has 0 saturated heterocycles. The van der Waals surface area contributed by atoms with Crippen molar-refractivity contribution in [3.8, 4) is 16.9 Å². The van der Waals surface area contributed by atoms with Gasteiger partial charge in [-0.15, -0.1) is 0 Å². The minimum atomic E-state index is -0.424. The minimum absolute atomic E-state index is 0.111. The van der Waals surface area contributed by atoms with Gasteiger partial charge in [0.15, 0.2) is 5.82 Å². The first kappa shape index (κ1) is 15.7. The van der Waals surface area contributed by atoms with E-state index in [1.807, 2.05) is 28.8 Å². The average Bonchev–Trinajstić information content (AvgIpc) is 3.30. The van der Waals surface area contributed by atoms with Crippen molar-refractivity contribution in [2.24, 2.45) is 5.92 Å². The first-order valence-electron chi connectivity index (χ1n) is 7.90. The Labute approximate surface area is 149 Å². The van der Waals surface area contributed by atoms with Gasteiger partial charge in [-0.2, -0.15) is 0 Å². The monoisotopic (exact) mass is 360 g/mol. The predicted octanol–water partition coefficient (Wildman–Crippen LogP) is 5.94. The number of benzene rings is 2. The van der Waals surface area contributed by atoms with E-state index in [1.165, 1.54) is 12.8 Å². The van der Waals surface area contributed by atoms with Crippen LogP contribution >= 0.6 is 23.2 Å². The van der Waals surface area contributed by atoms with Crippen LogP contribution in [0.25, 0.3) is 16.9 Å². The zero-order valence-electron chi connectivity index (χ0n) is 12.8. The number of halogens is 3. The zero-order valence-corrected chi connectivity index (χ0v) is 14.4. The van der Waals surface area contributed by atoms with Gasteiger partial charge < -0.3 is 0 Å². The van der Waals surface area contributed by atoms with E-state index >= 15 is 0 Å². The molecule has 0 N–H and O–H groups in total. The standard InChI is InChI=1S/C19H15Cl2FN2/c20-13-6-8-14(9-7-13)24-17(11-23-18(24)10-12-4-5-12)15-2-1-3-16(21)19(15)22/h1-3,6-9,11-12H,4-5,10H2. The number of hydrogen-bond donors (Lipinski definition) is 0. The molecule has 1 aromatic heterocycles. The highest BCUT2D eigenvalue weighted by atomic mass is 35.5. The Balaban J connectivity index is 1.89. The summed E-state index contributed by atoms with van der Waals surface area (Å²) in [6.45, 7) is 0. The Bertz CT molecular complexity index is 883. The Hall–Kier alpha value is -1.84. The van der Waals surface area contributed by atoms with Crippen molar-refractivity contribution in [1.82, 2.24) is 9.55 Å². The molecule has 0 aliphatic heterocycles. The third-order valence-corrected chi connectivity index (χ3v) is 4.86. The lowest BCUT2D eigenvalue weighted by atomic mass is 10.1. The van der Waals surface area contributed by atoms with Gasteiger partial charge in [-0.3, -0.25) is 4.57 Å². The van der Waals surface area contributed by atoms with Gasteiger partial charge in [0.2, 0.25) is 0 Å². The molecule has 0 radical (unpaired) electrons. The smallest absolute Gasteiger partial charge is 0.151 e. The van der Waals surface area contributed by atoms with E-state index in [0.717, 1.165) is 17.9 Å². The van der Waals surface area contributed by atoms with Gasteiger partial charge in [0, 0.05) is 22.7 Å². The quantitative estimate of drug-likeness (QED) is 0.563. The molecular formula is C19H15Cl2FN2. The fraction of sp³-hybridized carbons (Fsp3) is 0.211. The molecule has 122 valence electrons. The largest absolute Gasteiger partial charge is 0.296 e. The Morgan fingerprint density at radius 2 is 1.83 bits per heavy atom. The van der Waals surface area contributed by atoms with Crippen molar-refractivity contribution in [3.05, 3.63) is 70.3 Å². The first-order valence-corrected chi connectivity index (χ1v) is 8.66. The second-order valence-electron chi connectivity index (χ2n) is 6.12. The molecule has 1 aliphatic carbocycles. The fourth-order valence-electron chi connectivity index (χ4n) is 2.88. The van der Waals surface area contributed by atoms with Crippen molar-refractivity contribution in [2.45, 2.75) is 19.3 Å². The molecule has 2 nitrogen and oxygen atoms in total. The van der Waals surface area contributed by atoms with E-state index in [1.54, 1.807) is 24.4 Å². The van der Waals surface area contributed by atoms with E-state index in [4.69, 9.17) is 23.2 Å². The number of imidazole rings is 1. The van der Waals surface area contributed by atoms with Crippen molar-refractivity contribution >= 4 is 23.2 Å². The van der Waals surface area contributed by atoms with Gasteiger partial charge in [-0.1, -0.05) is 29.3 Å². The topological polar surface area (TPSA) is 17.8 Å². The average molecular weight is 361 g/mol. The summed E-state index contributed by atoms with van der Waals surface area (Å²) in [4.78, 5) is 4.56. The first-order chi connectivity index (χ1) is 11.6. The molecule has 2 aromatic carbocycles. The summed E-state index contributed by atoms with van der Waals surface area (Å²) in [6, 6.07) is 12.5. The highest BCUT2D eigenvalue weighted by Gasteiger charge is 2.26. The summed E-state index contributed by atoms with van der Waals surface area (Å²) >= 11 is 12.0. The van der Waals surface area contributed by atoms with Crippen molar-refractivity contribution in [2.75, 3.05) is 0 Å². The number of rotatable bonds is 4. The van der Waals surface area contributed by atoms with Crippen LogP contribution in [0, 0.1) is 11.7 Å². The molecular weight excluding hydrogens is 346 g/mol. The highest BCUT2D eigenvalue weighted by Crippen LogP contribution is 2.36. The Kier molecular flexibility index (Phi) is 4.07. The van der Waals surface area contributed by atoms with Crippen LogP contribution in [0.5, 0.6) is 0 Å². The van der Waals surface area contributed by atoms with Crippen LogP contribution in [0.3, 0.4) is 0 Å². The summed E-state index contributed by atoms with van der Waals surface area (Å²) in [6.07, 6.45) is 5.08. The van der Waals surface area contributed by atoms with Crippen LogP contribution in [0.4, 0.5) is 4.39 Å². The van der Waals surface area contributed by atoms with Crippen LogP contribution < -0.4 is 0 Å². The lowest BCUT2D eigenvalue weighted by Gasteiger charge is -2.13. The van der Waals surface area contributed by atoms with E-state index in [0.29, 0.717) is 22.2 Å². The van der Waals surface area contributed by atoms with Crippen LogP contribution in [0.15, 0.2) is 48.7 Å². The molecule has 1 heterocycles. The van der Waals surface area contributed by atoms with E-state index in [2.05, 4.69) is 4.98 Å². The van der Waals surface area contributed by atoms with Gasteiger partial charge in [0.05, 0.1) is 16.9 Å². The Morgan fingerprint density at radius 1 is 1.08 bits per heavy atom. The van der Waals surface area contributed by atoms with Crippen LogP contribution in [0.2, 0.25) is 10.0 Å². The minimum Gasteiger partial charge on any atom is -0.296 e.